The highest BCUT2D eigenvalue weighted by atomic mass is 19.1. The molecule has 0 spiro atoms. The molecule has 1 saturated carbocycles. The summed E-state index contributed by atoms with van der Waals surface area (Å²) >= 11 is 0. The minimum Gasteiger partial charge on any atom is -0.347 e. The largest absolute Gasteiger partial charge is 0.347 e. The highest BCUT2D eigenvalue weighted by Gasteiger charge is 2.32. The second kappa shape index (κ2) is 7.13. The van der Waals surface area contributed by atoms with Crippen LogP contribution in [0.1, 0.15) is 67.1 Å². The third-order valence-corrected chi connectivity index (χ3v) is 5.15. The molecule has 1 aliphatic rings. The van der Waals surface area contributed by atoms with Crippen LogP contribution in [-0.4, -0.2) is 25.2 Å². The van der Waals surface area contributed by atoms with Crippen molar-refractivity contribution in [3.05, 3.63) is 65.3 Å². The van der Waals surface area contributed by atoms with Crippen molar-refractivity contribution >= 4 is 5.91 Å². The third kappa shape index (κ3) is 3.95. The third-order valence-electron chi connectivity index (χ3n) is 5.15. The fourth-order valence-electron chi connectivity index (χ4n) is 3.47. The van der Waals surface area contributed by atoms with Gasteiger partial charge in [-0.1, -0.05) is 6.07 Å². The van der Waals surface area contributed by atoms with Gasteiger partial charge in [0, 0.05) is 30.6 Å². The molecule has 0 unspecified atom stereocenters. The van der Waals surface area contributed by atoms with E-state index in [1.165, 1.54) is 6.07 Å². The van der Waals surface area contributed by atoms with Gasteiger partial charge in [0.05, 0.1) is 11.2 Å². The summed E-state index contributed by atoms with van der Waals surface area (Å²) in [5, 5.41) is 7.41. The number of hydrogen-bond acceptors (Lipinski definition) is 3. The molecule has 1 fully saturated rings. The second-order valence-electron chi connectivity index (χ2n) is 8.62. The van der Waals surface area contributed by atoms with Crippen molar-refractivity contribution in [2.45, 2.75) is 58.5 Å². The first-order chi connectivity index (χ1) is 13.7. The molecule has 7 heteroatoms. The summed E-state index contributed by atoms with van der Waals surface area (Å²) in [6.07, 6.45) is 5.64. The molecule has 0 radical (unpaired) electrons. The molecule has 0 bridgehead atoms. The Bertz CT molecular complexity index is 1060. The first kappa shape index (κ1) is 19.4. The smallest absolute Gasteiger partial charge is 0.272 e. The maximum atomic E-state index is 14.5. The number of hydrogen-bond donors (Lipinski definition) is 1. The number of carbonyl (C=O) groups is 1. The first-order valence-electron chi connectivity index (χ1n) is 9.91. The van der Waals surface area contributed by atoms with Gasteiger partial charge in [0.15, 0.2) is 0 Å². The van der Waals surface area contributed by atoms with E-state index in [2.05, 4.69) is 36.2 Å². The Labute approximate surface area is 169 Å². The molecule has 0 saturated heterocycles. The number of amides is 1. The molecular formula is C22H26FN5O. The van der Waals surface area contributed by atoms with Gasteiger partial charge >= 0.3 is 0 Å². The molecule has 1 N–H and O–H groups in total. The summed E-state index contributed by atoms with van der Waals surface area (Å²) in [5.41, 5.74) is 2.48. The Morgan fingerprint density at radius 2 is 2.03 bits per heavy atom. The molecule has 1 aliphatic carbocycles. The zero-order valence-corrected chi connectivity index (χ0v) is 17.2. The minimum atomic E-state index is -0.356. The zero-order valence-electron chi connectivity index (χ0n) is 17.2. The summed E-state index contributed by atoms with van der Waals surface area (Å²) < 4.78 is 18.2. The van der Waals surface area contributed by atoms with Gasteiger partial charge in [-0.3, -0.25) is 9.48 Å². The van der Waals surface area contributed by atoms with Gasteiger partial charge in [-0.15, -0.1) is 0 Å². The molecule has 0 atom stereocenters. The number of benzene rings is 1. The number of aromatic nitrogens is 4. The summed E-state index contributed by atoms with van der Waals surface area (Å²) in [6, 6.07) is 6.84. The molecular weight excluding hydrogens is 369 g/mol. The van der Waals surface area contributed by atoms with Gasteiger partial charge in [0.2, 0.25) is 0 Å². The molecule has 152 valence electrons. The van der Waals surface area contributed by atoms with E-state index >= 15 is 0 Å². The number of rotatable bonds is 5. The SMILES string of the molecule is Cc1nccn1-c1ccc(CNC(=O)c2cc(C3CC3)n(C(C)(C)C)n2)cc1F. The number of imidazole rings is 1. The van der Waals surface area contributed by atoms with Crippen LogP contribution in [0.2, 0.25) is 0 Å². The highest BCUT2D eigenvalue weighted by molar-refractivity contribution is 5.92. The Morgan fingerprint density at radius 1 is 1.28 bits per heavy atom. The predicted molar refractivity (Wildman–Crippen MR) is 109 cm³/mol. The fourth-order valence-corrected chi connectivity index (χ4v) is 3.47. The maximum Gasteiger partial charge on any atom is 0.272 e. The molecule has 6 nitrogen and oxygen atoms in total. The summed E-state index contributed by atoms with van der Waals surface area (Å²) in [5.74, 6) is 0.609. The average molecular weight is 395 g/mol. The number of nitrogens with one attached hydrogen (secondary N) is 1. The summed E-state index contributed by atoms with van der Waals surface area (Å²) in [7, 11) is 0. The Balaban J connectivity index is 1.48. The number of halogens is 1. The Hall–Kier alpha value is -2.96. The van der Waals surface area contributed by atoms with Crippen LogP contribution < -0.4 is 5.32 Å². The van der Waals surface area contributed by atoms with E-state index < -0.39 is 0 Å². The van der Waals surface area contributed by atoms with Crippen molar-refractivity contribution in [2.75, 3.05) is 0 Å². The van der Waals surface area contributed by atoms with E-state index in [-0.39, 0.29) is 23.8 Å². The Morgan fingerprint density at radius 3 is 2.62 bits per heavy atom. The number of aryl methyl sites for hydroxylation is 1. The van der Waals surface area contributed by atoms with Crippen LogP contribution in [-0.2, 0) is 12.1 Å². The number of nitrogens with zero attached hydrogens (tertiary/aromatic N) is 4. The number of carbonyl (C=O) groups excluding carboxylic acids is 1. The second-order valence-corrected chi connectivity index (χ2v) is 8.62. The van der Waals surface area contributed by atoms with Crippen LogP contribution in [0.5, 0.6) is 0 Å². The van der Waals surface area contributed by atoms with Gasteiger partial charge in [0.25, 0.3) is 5.91 Å². The minimum absolute atomic E-state index is 0.180. The van der Waals surface area contributed by atoms with Gasteiger partial charge in [0.1, 0.15) is 17.3 Å². The van der Waals surface area contributed by atoms with E-state index in [0.717, 1.165) is 18.5 Å². The van der Waals surface area contributed by atoms with Crippen molar-refractivity contribution in [3.8, 4) is 5.69 Å². The van der Waals surface area contributed by atoms with E-state index in [4.69, 9.17) is 0 Å². The maximum absolute atomic E-state index is 14.5. The molecule has 4 rings (SSSR count). The fraction of sp³-hybridized carbons (Fsp3) is 0.409. The van der Waals surface area contributed by atoms with E-state index in [0.29, 0.717) is 28.7 Å². The van der Waals surface area contributed by atoms with Crippen molar-refractivity contribution in [1.82, 2.24) is 24.6 Å². The van der Waals surface area contributed by atoms with Crippen molar-refractivity contribution in [3.63, 3.8) is 0 Å². The topological polar surface area (TPSA) is 64.7 Å². The van der Waals surface area contributed by atoms with E-state index in [1.54, 1.807) is 23.0 Å². The lowest BCUT2D eigenvalue weighted by Crippen LogP contribution is -2.27. The van der Waals surface area contributed by atoms with Gasteiger partial charge in [-0.05, 0) is 64.3 Å². The quantitative estimate of drug-likeness (QED) is 0.708. The molecule has 2 aromatic heterocycles. The monoisotopic (exact) mass is 395 g/mol. The normalized spacial score (nSPS) is 14.2. The Kier molecular flexibility index (Phi) is 4.76. The molecule has 0 aliphatic heterocycles. The van der Waals surface area contributed by atoms with E-state index in [1.807, 2.05) is 23.7 Å². The van der Waals surface area contributed by atoms with Crippen LogP contribution in [0, 0.1) is 12.7 Å². The van der Waals surface area contributed by atoms with Crippen molar-refractivity contribution < 1.29 is 9.18 Å². The van der Waals surface area contributed by atoms with Gasteiger partial charge in [-0.2, -0.15) is 5.10 Å². The first-order valence-corrected chi connectivity index (χ1v) is 9.91. The van der Waals surface area contributed by atoms with Crippen LogP contribution in [0.25, 0.3) is 5.69 Å². The van der Waals surface area contributed by atoms with E-state index in [9.17, 15) is 9.18 Å². The van der Waals surface area contributed by atoms with Crippen LogP contribution >= 0.6 is 0 Å². The van der Waals surface area contributed by atoms with Crippen molar-refractivity contribution in [1.29, 1.82) is 0 Å². The molecule has 1 amide bonds. The van der Waals surface area contributed by atoms with Gasteiger partial charge < -0.3 is 9.88 Å². The lowest BCUT2D eigenvalue weighted by Gasteiger charge is -2.22. The molecule has 2 heterocycles. The van der Waals surface area contributed by atoms with Gasteiger partial charge in [-0.25, -0.2) is 9.37 Å². The predicted octanol–water partition coefficient (Wildman–Crippen LogP) is 4.08. The highest BCUT2D eigenvalue weighted by Crippen LogP contribution is 2.41. The zero-order chi connectivity index (χ0) is 20.8. The standard InChI is InChI=1S/C22H26FN5O/c1-14-24-9-10-27(14)19-8-5-15(11-17(19)23)13-25-21(29)18-12-20(16-6-7-16)28(26-18)22(2,3)4/h5,8-12,16H,6-7,13H2,1-4H3,(H,25,29). The van der Waals surface area contributed by atoms with Crippen LogP contribution in [0.3, 0.4) is 0 Å². The molecule has 29 heavy (non-hydrogen) atoms. The van der Waals surface area contributed by atoms with Crippen LogP contribution in [0.4, 0.5) is 4.39 Å². The summed E-state index contributed by atoms with van der Waals surface area (Å²) in [6.45, 7) is 8.31. The molecule has 1 aromatic carbocycles. The van der Waals surface area contributed by atoms with Crippen molar-refractivity contribution in [2.24, 2.45) is 0 Å². The summed E-state index contributed by atoms with van der Waals surface area (Å²) in [4.78, 5) is 16.8. The average Bonchev–Trinajstić information content (AvgIpc) is 3.25. The molecule has 3 aromatic rings. The lowest BCUT2D eigenvalue weighted by molar-refractivity contribution is 0.0944. The lowest BCUT2D eigenvalue weighted by atomic mass is 10.1. The van der Waals surface area contributed by atoms with Crippen LogP contribution in [0.15, 0.2) is 36.7 Å².